The molecule has 0 aliphatic carbocycles. The summed E-state index contributed by atoms with van der Waals surface area (Å²) in [5.74, 6) is 0.398. The summed E-state index contributed by atoms with van der Waals surface area (Å²) in [7, 11) is 1.69. The summed E-state index contributed by atoms with van der Waals surface area (Å²) >= 11 is 0. The second kappa shape index (κ2) is 6.85. The first-order valence-corrected chi connectivity index (χ1v) is 6.49. The van der Waals surface area contributed by atoms with Crippen molar-refractivity contribution >= 4 is 0 Å². The summed E-state index contributed by atoms with van der Waals surface area (Å²) in [6, 6.07) is 8.23. The average molecular weight is 270 g/mol. The third-order valence-electron chi connectivity index (χ3n) is 3.14. The first kappa shape index (κ1) is 14.3. The Balaban J connectivity index is 2.12. The van der Waals surface area contributed by atoms with Gasteiger partial charge in [0.25, 0.3) is 0 Å². The minimum absolute atomic E-state index is 0.398. The highest BCUT2D eigenvalue weighted by molar-refractivity contribution is 5.42. The normalized spacial score (nSPS) is 10.4. The number of nitrogens with one attached hydrogen (secondary N) is 1. The van der Waals surface area contributed by atoms with Crippen LogP contribution in [0.15, 0.2) is 30.6 Å². The largest absolute Gasteiger partial charge is 0.383 e. The van der Waals surface area contributed by atoms with Crippen LogP contribution < -0.4 is 5.32 Å². The Labute approximate surface area is 118 Å². The maximum atomic E-state index is 9.00. The molecule has 1 heterocycles. The molecule has 0 saturated heterocycles. The number of rotatable bonds is 6. The van der Waals surface area contributed by atoms with Crippen molar-refractivity contribution in [1.29, 1.82) is 5.26 Å². The number of nitrogens with zero attached hydrogens (tertiary/aromatic N) is 3. The molecule has 0 unspecified atom stereocenters. The van der Waals surface area contributed by atoms with Gasteiger partial charge in [-0.25, -0.2) is 4.98 Å². The van der Waals surface area contributed by atoms with Gasteiger partial charge in [0.15, 0.2) is 0 Å². The Kier molecular flexibility index (Phi) is 4.88. The second-order valence-electron chi connectivity index (χ2n) is 4.51. The van der Waals surface area contributed by atoms with Crippen LogP contribution in [0.3, 0.4) is 0 Å². The summed E-state index contributed by atoms with van der Waals surface area (Å²) in [4.78, 5) is 4.01. The van der Waals surface area contributed by atoms with Crippen LogP contribution in [0.4, 0.5) is 0 Å². The molecule has 1 aromatic carbocycles. The fourth-order valence-electron chi connectivity index (χ4n) is 2.02. The van der Waals surface area contributed by atoms with Crippen molar-refractivity contribution in [3.8, 4) is 11.8 Å². The van der Waals surface area contributed by atoms with Crippen LogP contribution >= 0.6 is 0 Å². The number of nitriles is 1. The SMILES string of the molecule is COCCNCc1ccc(-n2ccnc2C#N)cc1C. The molecule has 0 spiro atoms. The molecule has 2 rings (SSSR count). The zero-order valence-corrected chi connectivity index (χ0v) is 11.8. The molecule has 1 aromatic heterocycles. The van der Waals surface area contributed by atoms with E-state index in [9.17, 15) is 0 Å². The van der Waals surface area contributed by atoms with Crippen molar-refractivity contribution in [3.05, 3.63) is 47.5 Å². The van der Waals surface area contributed by atoms with Crippen LogP contribution in [0.1, 0.15) is 17.0 Å². The minimum Gasteiger partial charge on any atom is -0.383 e. The molecular weight excluding hydrogens is 252 g/mol. The molecule has 0 aliphatic rings. The number of hydrogen-bond donors (Lipinski definition) is 1. The van der Waals surface area contributed by atoms with Crippen molar-refractivity contribution in [3.63, 3.8) is 0 Å². The van der Waals surface area contributed by atoms with E-state index in [2.05, 4.69) is 35.4 Å². The van der Waals surface area contributed by atoms with E-state index in [1.807, 2.05) is 6.07 Å². The molecule has 5 nitrogen and oxygen atoms in total. The van der Waals surface area contributed by atoms with Crippen LogP contribution in [0.25, 0.3) is 5.69 Å². The minimum atomic E-state index is 0.398. The quantitative estimate of drug-likeness (QED) is 0.813. The van der Waals surface area contributed by atoms with Gasteiger partial charge in [-0.3, -0.25) is 4.57 Å². The second-order valence-corrected chi connectivity index (χ2v) is 4.51. The summed E-state index contributed by atoms with van der Waals surface area (Å²) in [6.07, 6.45) is 3.43. The Morgan fingerprint density at radius 3 is 3.00 bits per heavy atom. The van der Waals surface area contributed by atoms with Gasteiger partial charge in [0.2, 0.25) is 5.82 Å². The van der Waals surface area contributed by atoms with Gasteiger partial charge in [0.1, 0.15) is 6.07 Å². The van der Waals surface area contributed by atoms with E-state index in [1.54, 1.807) is 24.1 Å². The molecule has 0 saturated carbocycles. The fraction of sp³-hybridized carbons (Fsp3) is 0.333. The van der Waals surface area contributed by atoms with E-state index in [0.717, 1.165) is 18.8 Å². The Hall–Kier alpha value is -2.16. The highest BCUT2D eigenvalue weighted by atomic mass is 16.5. The highest BCUT2D eigenvalue weighted by Crippen LogP contribution is 2.16. The van der Waals surface area contributed by atoms with Crippen molar-refractivity contribution in [2.24, 2.45) is 0 Å². The summed E-state index contributed by atoms with van der Waals surface area (Å²) in [5.41, 5.74) is 3.38. The molecule has 20 heavy (non-hydrogen) atoms. The number of imidazole rings is 1. The van der Waals surface area contributed by atoms with E-state index in [1.165, 1.54) is 11.1 Å². The van der Waals surface area contributed by atoms with Crippen LogP contribution in [0.5, 0.6) is 0 Å². The van der Waals surface area contributed by atoms with E-state index >= 15 is 0 Å². The molecule has 104 valence electrons. The molecule has 1 N–H and O–H groups in total. The van der Waals surface area contributed by atoms with Gasteiger partial charge in [-0.15, -0.1) is 0 Å². The lowest BCUT2D eigenvalue weighted by atomic mass is 10.1. The first-order chi connectivity index (χ1) is 9.76. The summed E-state index contributed by atoms with van der Waals surface area (Å²) in [5, 5.41) is 12.3. The predicted octanol–water partition coefficient (Wildman–Crippen LogP) is 1.79. The van der Waals surface area contributed by atoms with Crippen LogP contribution in [0, 0.1) is 18.3 Å². The van der Waals surface area contributed by atoms with Crippen LogP contribution in [-0.4, -0.2) is 29.8 Å². The van der Waals surface area contributed by atoms with E-state index in [-0.39, 0.29) is 0 Å². The molecule has 0 radical (unpaired) electrons. The number of methoxy groups -OCH3 is 1. The van der Waals surface area contributed by atoms with Crippen LogP contribution in [-0.2, 0) is 11.3 Å². The Morgan fingerprint density at radius 2 is 2.30 bits per heavy atom. The van der Waals surface area contributed by atoms with Crippen LogP contribution in [0.2, 0.25) is 0 Å². The molecule has 2 aromatic rings. The van der Waals surface area contributed by atoms with Crippen molar-refractivity contribution in [1.82, 2.24) is 14.9 Å². The van der Waals surface area contributed by atoms with Gasteiger partial charge in [0, 0.05) is 38.3 Å². The zero-order valence-electron chi connectivity index (χ0n) is 11.8. The molecular formula is C15H18N4O. The average Bonchev–Trinajstić information content (AvgIpc) is 2.93. The van der Waals surface area contributed by atoms with Gasteiger partial charge in [-0.05, 0) is 30.2 Å². The molecule has 5 heteroatoms. The molecule has 0 atom stereocenters. The van der Waals surface area contributed by atoms with E-state index in [4.69, 9.17) is 10.00 Å². The van der Waals surface area contributed by atoms with Gasteiger partial charge in [-0.2, -0.15) is 5.26 Å². The van der Waals surface area contributed by atoms with Crippen molar-refractivity contribution in [2.45, 2.75) is 13.5 Å². The van der Waals surface area contributed by atoms with Crippen molar-refractivity contribution in [2.75, 3.05) is 20.3 Å². The maximum absolute atomic E-state index is 9.00. The monoisotopic (exact) mass is 270 g/mol. The first-order valence-electron chi connectivity index (χ1n) is 6.49. The lowest BCUT2D eigenvalue weighted by Gasteiger charge is -2.10. The Bertz CT molecular complexity index is 613. The van der Waals surface area contributed by atoms with E-state index < -0.39 is 0 Å². The molecule has 0 bridgehead atoms. The van der Waals surface area contributed by atoms with Crippen molar-refractivity contribution < 1.29 is 4.74 Å². The predicted molar refractivity (Wildman–Crippen MR) is 76.6 cm³/mol. The standard InChI is InChI=1S/C15H18N4O/c1-12-9-14(19-7-5-18-15(19)10-16)4-3-13(12)11-17-6-8-20-2/h3-5,7,9,17H,6,8,11H2,1-2H3. The molecule has 0 fully saturated rings. The molecule has 0 amide bonds. The topological polar surface area (TPSA) is 62.9 Å². The lowest BCUT2D eigenvalue weighted by molar-refractivity contribution is 0.199. The number of benzene rings is 1. The highest BCUT2D eigenvalue weighted by Gasteiger charge is 2.06. The van der Waals surface area contributed by atoms with Gasteiger partial charge >= 0.3 is 0 Å². The Morgan fingerprint density at radius 1 is 1.45 bits per heavy atom. The third-order valence-corrected chi connectivity index (χ3v) is 3.14. The van der Waals surface area contributed by atoms with Gasteiger partial charge < -0.3 is 10.1 Å². The fourth-order valence-corrected chi connectivity index (χ4v) is 2.02. The smallest absolute Gasteiger partial charge is 0.217 e. The number of ether oxygens (including phenoxy) is 1. The number of aromatic nitrogens is 2. The maximum Gasteiger partial charge on any atom is 0.217 e. The molecule has 0 aliphatic heterocycles. The van der Waals surface area contributed by atoms with E-state index in [0.29, 0.717) is 12.4 Å². The summed E-state index contributed by atoms with van der Waals surface area (Å²) < 4.78 is 6.79. The lowest BCUT2D eigenvalue weighted by Crippen LogP contribution is -2.19. The number of hydrogen-bond acceptors (Lipinski definition) is 4. The van der Waals surface area contributed by atoms with Gasteiger partial charge in [0.05, 0.1) is 6.61 Å². The summed E-state index contributed by atoms with van der Waals surface area (Å²) in [6.45, 7) is 4.42. The third kappa shape index (κ3) is 3.23. The zero-order chi connectivity index (χ0) is 14.4. The number of aryl methyl sites for hydroxylation is 1. The van der Waals surface area contributed by atoms with Gasteiger partial charge in [-0.1, -0.05) is 6.07 Å².